The van der Waals surface area contributed by atoms with Crippen molar-refractivity contribution < 1.29 is 9.47 Å². The van der Waals surface area contributed by atoms with Crippen molar-refractivity contribution in [2.24, 2.45) is 11.8 Å². The minimum Gasteiger partial charge on any atom is -0.372 e. The number of epoxide rings is 2. The van der Waals surface area contributed by atoms with Crippen LogP contribution in [0.2, 0.25) is 0 Å². The molecule has 2 fully saturated rings. The first-order valence-corrected chi connectivity index (χ1v) is 15.9. The molecule has 0 saturated carbocycles. The van der Waals surface area contributed by atoms with E-state index in [-0.39, 0.29) is 0 Å². The van der Waals surface area contributed by atoms with Crippen LogP contribution in [0.3, 0.4) is 0 Å². The van der Waals surface area contributed by atoms with Crippen LogP contribution in [-0.2, 0) is 9.47 Å². The first kappa shape index (κ1) is 29.5. The van der Waals surface area contributed by atoms with Gasteiger partial charge in [-0.15, -0.1) is 11.8 Å². The van der Waals surface area contributed by atoms with E-state index in [1.165, 1.54) is 116 Å². The van der Waals surface area contributed by atoms with Gasteiger partial charge in [0.25, 0.3) is 0 Å². The molecule has 0 aromatic carbocycles. The Balaban J connectivity index is 1.49. The molecule has 4 atom stereocenters. The highest BCUT2D eigenvalue weighted by Gasteiger charge is 2.39. The summed E-state index contributed by atoms with van der Waals surface area (Å²) in [7, 11) is 0. The lowest BCUT2D eigenvalue weighted by atomic mass is 10.0. The van der Waals surface area contributed by atoms with Gasteiger partial charge in [0.05, 0.1) is 25.4 Å². The predicted octanol–water partition coefficient (Wildman–Crippen LogP) is 9.59. The van der Waals surface area contributed by atoms with Crippen molar-refractivity contribution in [3.05, 3.63) is 0 Å². The highest BCUT2D eigenvalue weighted by Crippen LogP contribution is 2.39. The zero-order valence-corrected chi connectivity index (χ0v) is 23.6. The van der Waals surface area contributed by atoms with Crippen LogP contribution >= 0.6 is 11.8 Å². The van der Waals surface area contributed by atoms with E-state index in [9.17, 15) is 0 Å². The zero-order chi connectivity index (χ0) is 23.7. The number of hydrogen-bond acceptors (Lipinski definition) is 3. The Morgan fingerprint density at radius 1 is 0.485 bits per heavy atom. The Morgan fingerprint density at radius 3 is 1.03 bits per heavy atom. The summed E-state index contributed by atoms with van der Waals surface area (Å²) >= 11 is 2.24. The Hall–Kier alpha value is 0.270. The van der Waals surface area contributed by atoms with E-state index in [2.05, 4.69) is 39.5 Å². The normalized spacial score (nSPS) is 21.6. The molecule has 196 valence electrons. The van der Waals surface area contributed by atoms with Gasteiger partial charge in [-0.1, -0.05) is 130 Å². The summed E-state index contributed by atoms with van der Waals surface area (Å²) in [4.78, 5) is 0. The number of ether oxygens (including phenoxy) is 2. The average molecular weight is 483 g/mol. The van der Waals surface area contributed by atoms with Crippen molar-refractivity contribution in [2.45, 2.75) is 166 Å². The summed E-state index contributed by atoms with van der Waals surface area (Å²) in [6, 6.07) is 0. The topological polar surface area (TPSA) is 25.1 Å². The average Bonchev–Trinajstić information content (AvgIpc) is 3.67. The Labute approximate surface area is 212 Å². The lowest BCUT2D eigenvalue weighted by Gasteiger charge is -2.21. The Bertz CT molecular complexity index is 405. The van der Waals surface area contributed by atoms with Gasteiger partial charge in [-0.2, -0.15) is 0 Å². The van der Waals surface area contributed by atoms with Crippen molar-refractivity contribution in [1.29, 1.82) is 0 Å². The maximum atomic E-state index is 5.76. The molecule has 0 N–H and O–H groups in total. The molecule has 2 aliphatic heterocycles. The molecule has 2 rings (SSSR count). The Morgan fingerprint density at radius 2 is 0.758 bits per heavy atom. The molecule has 0 radical (unpaired) electrons. The quantitative estimate of drug-likeness (QED) is 0.101. The van der Waals surface area contributed by atoms with Crippen LogP contribution in [0.15, 0.2) is 0 Å². The molecule has 2 heterocycles. The highest BCUT2D eigenvalue weighted by atomic mass is 32.2. The maximum absolute atomic E-state index is 5.76. The van der Waals surface area contributed by atoms with Crippen molar-refractivity contribution in [3.8, 4) is 0 Å². The van der Waals surface area contributed by atoms with E-state index >= 15 is 0 Å². The largest absolute Gasteiger partial charge is 0.372 e. The summed E-state index contributed by atoms with van der Waals surface area (Å²) < 4.78 is 11.5. The number of rotatable bonds is 24. The van der Waals surface area contributed by atoms with E-state index < -0.39 is 0 Å². The van der Waals surface area contributed by atoms with Crippen LogP contribution in [0.5, 0.6) is 0 Å². The Kier molecular flexibility index (Phi) is 16.6. The highest BCUT2D eigenvalue weighted by molar-refractivity contribution is 8.00. The summed E-state index contributed by atoms with van der Waals surface area (Å²) in [5.41, 5.74) is 0. The fraction of sp³-hybridized carbons (Fsp3) is 1.00. The number of unbranched alkanes of at least 4 members (excludes halogenated alkanes) is 12. The minimum absolute atomic E-state index is 0.540. The molecule has 0 aromatic rings. The van der Waals surface area contributed by atoms with Crippen molar-refractivity contribution in [2.75, 3.05) is 13.2 Å². The molecule has 0 aromatic heterocycles. The van der Waals surface area contributed by atoms with Gasteiger partial charge in [0.1, 0.15) is 0 Å². The molecule has 2 nitrogen and oxygen atoms in total. The van der Waals surface area contributed by atoms with E-state index in [1.807, 2.05) is 0 Å². The van der Waals surface area contributed by atoms with Gasteiger partial charge >= 0.3 is 0 Å². The summed E-state index contributed by atoms with van der Waals surface area (Å²) in [5.74, 6) is 1.75. The molecule has 0 amide bonds. The van der Waals surface area contributed by atoms with Crippen LogP contribution in [0.1, 0.15) is 143 Å². The molecule has 2 saturated heterocycles. The third kappa shape index (κ3) is 16.5. The zero-order valence-electron chi connectivity index (χ0n) is 22.8. The van der Waals surface area contributed by atoms with Crippen molar-refractivity contribution in [1.82, 2.24) is 0 Å². The standard InChI is InChI=1S/C30H58O2S/c1-25(2)19-15-11-7-5-9-13-17-21-29(27-23-31-27)33-30(28-24-32-28)22-18-14-10-6-8-12-16-20-26(3)4/h25-30H,5-24H2,1-4H3. The van der Waals surface area contributed by atoms with Crippen molar-refractivity contribution >= 4 is 11.8 Å². The van der Waals surface area contributed by atoms with E-state index in [1.54, 1.807) is 0 Å². The second-order valence-electron chi connectivity index (χ2n) is 11.8. The van der Waals surface area contributed by atoms with Crippen molar-refractivity contribution in [3.63, 3.8) is 0 Å². The summed E-state index contributed by atoms with van der Waals surface area (Å²) in [5, 5.41) is 1.43. The maximum Gasteiger partial charge on any atom is 0.0928 e. The first-order chi connectivity index (χ1) is 16.1. The van der Waals surface area contributed by atoms with Gasteiger partial charge in [0.15, 0.2) is 0 Å². The van der Waals surface area contributed by atoms with Crippen LogP contribution in [-0.4, -0.2) is 35.9 Å². The van der Waals surface area contributed by atoms with Crippen LogP contribution in [0, 0.1) is 11.8 Å². The second-order valence-corrected chi connectivity index (χ2v) is 13.3. The number of thioether (sulfide) groups is 1. The molecule has 3 heteroatoms. The van der Waals surface area contributed by atoms with E-state index in [4.69, 9.17) is 9.47 Å². The predicted molar refractivity (Wildman–Crippen MR) is 147 cm³/mol. The molecular formula is C30H58O2S. The smallest absolute Gasteiger partial charge is 0.0928 e. The fourth-order valence-electron chi connectivity index (χ4n) is 5.01. The summed E-state index contributed by atoms with van der Waals surface area (Å²) in [6.45, 7) is 11.4. The van der Waals surface area contributed by atoms with Crippen LogP contribution in [0.25, 0.3) is 0 Å². The lowest BCUT2D eigenvalue weighted by molar-refractivity contribution is 0.383. The third-order valence-electron chi connectivity index (χ3n) is 7.44. The van der Waals surface area contributed by atoms with Crippen LogP contribution in [0.4, 0.5) is 0 Å². The van der Waals surface area contributed by atoms with Gasteiger partial charge < -0.3 is 9.47 Å². The van der Waals surface area contributed by atoms with Gasteiger partial charge in [-0.3, -0.25) is 0 Å². The molecular weight excluding hydrogens is 424 g/mol. The molecule has 0 aliphatic carbocycles. The molecule has 2 aliphatic rings. The SMILES string of the molecule is CC(C)CCCCCCCCCC(SC(CCCCCCCCCC(C)C)C1CO1)C1CO1. The van der Waals surface area contributed by atoms with Gasteiger partial charge in [0, 0.05) is 10.5 Å². The van der Waals surface area contributed by atoms with E-state index in [0.717, 1.165) is 25.0 Å². The molecule has 0 bridgehead atoms. The van der Waals surface area contributed by atoms with Gasteiger partial charge in [-0.25, -0.2) is 0 Å². The van der Waals surface area contributed by atoms with Gasteiger partial charge in [-0.05, 0) is 24.7 Å². The molecule has 33 heavy (non-hydrogen) atoms. The number of hydrogen-bond donors (Lipinski definition) is 0. The second kappa shape index (κ2) is 18.5. The molecule has 0 spiro atoms. The summed E-state index contributed by atoms with van der Waals surface area (Å²) in [6.07, 6.45) is 26.5. The molecule has 4 unspecified atom stereocenters. The minimum atomic E-state index is 0.540. The van der Waals surface area contributed by atoms with Gasteiger partial charge in [0.2, 0.25) is 0 Å². The van der Waals surface area contributed by atoms with E-state index in [0.29, 0.717) is 22.7 Å². The monoisotopic (exact) mass is 482 g/mol. The lowest BCUT2D eigenvalue weighted by Crippen LogP contribution is -2.20. The fourth-order valence-corrected chi connectivity index (χ4v) is 6.73. The third-order valence-corrected chi connectivity index (χ3v) is 9.22. The van der Waals surface area contributed by atoms with Crippen LogP contribution < -0.4 is 0 Å². The first-order valence-electron chi connectivity index (χ1n) is 14.9.